The van der Waals surface area contributed by atoms with Crippen molar-refractivity contribution in [3.05, 3.63) is 71.3 Å². The van der Waals surface area contributed by atoms with Gasteiger partial charge in [0.2, 0.25) is 0 Å². The van der Waals surface area contributed by atoms with E-state index in [9.17, 15) is 8.78 Å². The van der Waals surface area contributed by atoms with E-state index in [-0.39, 0.29) is 17.0 Å². The highest BCUT2D eigenvalue weighted by Gasteiger charge is 2.34. The first-order valence-electron chi connectivity index (χ1n) is 10.2. The Morgan fingerprint density at radius 2 is 1.79 bits per heavy atom. The van der Waals surface area contributed by atoms with E-state index in [2.05, 4.69) is 10.6 Å². The molecule has 1 aliphatic rings. The Hall–Kier alpha value is -2.47. The van der Waals surface area contributed by atoms with Gasteiger partial charge in [-0.1, -0.05) is 24.3 Å². The number of benzene rings is 2. The SMILES string of the molecule is CCNC(=NCC1(c2ccc(F)cc2)CCOCC1)NCCc1cccc(F)c1. The predicted octanol–water partition coefficient (Wildman–Crippen LogP) is 3.81. The van der Waals surface area contributed by atoms with Crippen LogP contribution in [0.25, 0.3) is 0 Å². The lowest BCUT2D eigenvalue weighted by molar-refractivity contribution is 0.0531. The van der Waals surface area contributed by atoms with Crippen molar-refractivity contribution in [1.82, 2.24) is 10.6 Å². The third-order valence-corrected chi connectivity index (χ3v) is 5.39. The minimum atomic E-state index is -0.230. The maximum atomic E-state index is 13.4. The van der Waals surface area contributed by atoms with Crippen molar-refractivity contribution in [3.8, 4) is 0 Å². The number of halogens is 2. The van der Waals surface area contributed by atoms with Crippen LogP contribution in [0.15, 0.2) is 53.5 Å². The number of aliphatic imine (C=N–C) groups is 1. The molecule has 2 N–H and O–H groups in total. The molecule has 6 heteroatoms. The Morgan fingerprint density at radius 1 is 1.03 bits per heavy atom. The summed E-state index contributed by atoms with van der Waals surface area (Å²) in [4.78, 5) is 4.83. The molecule has 0 bridgehead atoms. The Balaban J connectivity index is 1.68. The first-order valence-corrected chi connectivity index (χ1v) is 10.2. The Labute approximate surface area is 171 Å². The van der Waals surface area contributed by atoms with Crippen LogP contribution >= 0.6 is 0 Å². The smallest absolute Gasteiger partial charge is 0.191 e. The van der Waals surface area contributed by atoms with E-state index in [0.717, 1.165) is 36.5 Å². The molecule has 0 aromatic heterocycles. The van der Waals surface area contributed by atoms with Crippen LogP contribution in [0.2, 0.25) is 0 Å². The summed E-state index contributed by atoms with van der Waals surface area (Å²) in [5.41, 5.74) is 1.89. The normalized spacial score (nSPS) is 16.4. The monoisotopic (exact) mass is 401 g/mol. The minimum absolute atomic E-state index is 0.156. The number of nitrogens with zero attached hydrogens (tertiary/aromatic N) is 1. The third-order valence-electron chi connectivity index (χ3n) is 5.39. The number of hydrogen-bond donors (Lipinski definition) is 2. The van der Waals surface area contributed by atoms with Gasteiger partial charge in [-0.3, -0.25) is 4.99 Å². The average molecular weight is 402 g/mol. The van der Waals surface area contributed by atoms with Crippen LogP contribution in [0.4, 0.5) is 8.78 Å². The maximum absolute atomic E-state index is 13.4. The molecule has 4 nitrogen and oxygen atoms in total. The van der Waals surface area contributed by atoms with Crippen LogP contribution in [0.1, 0.15) is 30.9 Å². The molecule has 0 unspecified atom stereocenters. The molecule has 1 fully saturated rings. The molecule has 1 saturated heterocycles. The average Bonchev–Trinajstić information content (AvgIpc) is 2.73. The molecule has 1 heterocycles. The van der Waals surface area contributed by atoms with E-state index in [1.807, 2.05) is 25.1 Å². The zero-order valence-electron chi connectivity index (χ0n) is 16.9. The fraction of sp³-hybridized carbons (Fsp3) is 0.435. The molecule has 3 rings (SSSR count). The summed E-state index contributed by atoms with van der Waals surface area (Å²) in [6, 6.07) is 13.4. The molecule has 0 aliphatic carbocycles. The van der Waals surface area contributed by atoms with Crippen molar-refractivity contribution in [2.45, 2.75) is 31.6 Å². The van der Waals surface area contributed by atoms with Gasteiger partial charge < -0.3 is 15.4 Å². The highest BCUT2D eigenvalue weighted by atomic mass is 19.1. The Morgan fingerprint density at radius 3 is 2.48 bits per heavy atom. The largest absolute Gasteiger partial charge is 0.381 e. The third kappa shape index (κ3) is 6.00. The van der Waals surface area contributed by atoms with Gasteiger partial charge in [-0.05, 0) is 61.6 Å². The molecular weight excluding hydrogens is 372 g/mol. The number of ether oxygens (including phenoxy) is 1. The molecule has 0 atom stereocenters. The fourth-order valence-corrected chi connectivity index (χ4v) is 3.69. The van der Waals surface area contributed by atoms with E-state index < -0.39 is 0 Å². The van der Waals surface area contributed by atoms with Gasteiger partial charge >= 0.3 is 0 Å². The second-order valence-corrected chi connectivity index (χ2v) is 7.40. The molecule has 1 aliphatic heterocycles. The molecule has 0 spiro atoms. The van der Waals surface area contributed by atoms with E-state index in [0.29, 0.717) is 32.7 Å². The van der Waals surface area contributed by atoms with Crippen LogP contribution in [-0.2, 0) is 16.6 Å². The lowest BCUT2D eigenvalue weighted by Gasteiger charge is -2.36. The predicted molar refractivity (Wildman–Crippen MR) is 112 cm³/mol. The van der Waals surface area contributed by atoms with Crippen molar-refractivity contribution in [3.63, 3.8) is 0 Å². The van der Waals surface area contributed by atoms with E-state index in [4.69, 9.17) is 9.73 Å². The topological polar surface area (TPSA) is 45.7 Å². The minimum Gasteiger partial charge on any atom is -0.381 e. The van der Waals surface area contributed by atoms with Crippen molar-refractivity contribution in [2.75, 3.05) is 32.8 Å². The molecule has 29 heavy (non-hydrogen) atoms. The zero-order chi connectivity index (χ0) is 20.5. The Bertz CT molecular complexity index is 802. The van der Waals surface area contributed by atoms with Gasteiger partial charge in [0.25, 0.3) is 0 Å². The van der Waals surface area contributed by atoms with Crippen molar-refractivity contribution in [2.24, 2.45) is 4.99 Å². The first-order chi connectivity index (χ1) is 14.1. The zero-order valence-corrected chi connectivity index (χ0v) is 16.9. The van der Waals surface area contributed by atoms with Crippen LogP contribution in [0.5, 0.6) is 0 Å². The van der Waals surface area contributed by atoms with Gasteiger partial charge in [0.05, 0.1) is 6.54 Å². The number of hydrogen-bond acceptors (Lipinski definition) is 2. The number of guanidine groups is 1. The van der Waals surface area contributed by atoms with Crippen molar-refractivity contribution in [1.29, 1.82) is 0 Å². The second-order valence-electron chi connectivity index (χ2n) is 7.40. The molecule has 2 aromatic carbocycles. The van der Waals surface area contributed by atoms with Crippen LogP contribution < -0.4 is 10.6 Å². The van der Waals surface area contributed by atoms with Gasteiger partial charge in [0.1, 0.15) is 11.6 Å². The second kappa shape index (κ2) is 10.3. The molecule has 0 radical (unpaired) electrons. The summed E-state index contributed by atoms with van der Waals surface area (Å²) in [7, 11) is 0. The van der Waals surface area contributed by atoms with Gasteiger partial charge in [-0.2, -0.15) is 0 Å². The number of nitrogens with one attached hydrogen (secondary N) is 2. The molecule has 0 saturated carbocycles. The molecule has 0 amide bonds. The van der Waals surface area contributed by atoms with Gasteiger partial charge in [0.15, 0.2) is 5.96 Å². The highest BCUT2D eigenvalue weighted by molar-refractivity contribution is 5.79. The summed E-state index contributed by atoms with van der Waals surface area (Å²) in [6.45, 7) is 5.37. The first kappa shape index (κ1) is 21.2. The van der Waals surface area contributed by atoms with Crippen LogP contribution in [0, 0.1) is 11.6 Å². The van der Waals surface area contributed by atoms with Gasteiger partial charge in [-0.25, -0.2) is 8.78 Å². The van der Waals surface area contributed by atoms with Crippen LogP contribution in [0.3, 0.4) is 0 Å². The molecule has 156 valence electrons. The quantitative estimate of drug-likeness (QED) is 0.548. The van der Waals surface area contributed by atoms with Crippen molar-refractivity contribution >= 4 is 5.96 Å². The van der Waals surface area contributed by atoms with Gasteiger partial charge in [-0.15, -0.1) is 0 Å². The number of rotatable bonds is 7. The van der Waals surface area contributed by atoms with Crippen LogP contribution in [-0.4, -0.2) is 38.8 Å². The van der Waals surface area contributed by atoms with Gasteiger partial charge in [0, 0.05) is 31.7 Å². The molecular formula is C23H29F2N3O. The summed E-state index contributed by atoms with van der Waals surface area (Å²) >= 11 is 0. The van der Waals surface area contributed by atoms with E-state index in [1.54, 1.807) is 12.1 Å². The van der Waals surface area contributed by atoms with E-state index in [1.165, 1.54) is 18.2 Å². The summed E-state index contributed by atoms with van der Waals surface area (Å²) in [5, 5.41) is 6.60. The standard InChI is InChI=1S/C23H29F2N3O/c1-2-26-22(27-13-10-18-4-3-5-21(25)16-18)28-17-23(11-14-29-15-12-23)19-6-8-20(24)9-7-19/h3-9,16H,2,10-15,17H2,1H3,(H2,26,27,28). The maximum Gasteiger partial charge on any atom is 0.191 e. The lowest BCUT2D eigenvalue weighted by atomic mass is 9.74. The lowest BCUT2D eigenvalue weighted by Crippen LogP contribution is -2.41. The summed E-state index contributed by atoms with van der Waals surface area (Å²) < 4.78 is 32.3. The highest BCUT2D eigenvalue weighted by Crippen LogP contribution is 2.35. The van der Waals surface area contributed by atoms with E-state index >= 15 is 0 Å². The summed E-state index contributed by atoms with van der Waals surface area (Å²) in [6.07, 6.45) is 2.41. The Kier molecular flexibility index (Phi) is 7.58. The van der Waals surface area contributed by atoms with Crippen molar-refractivity contribution < 1.29 is 13.5 Å². The fourth-order valence-electron chi connectivity index (χ4n) is 3.69. The summed E-state index contributed by atoms with van der Waals surface area (Å²) in [5.74, 6) is 0.285. The molecule has 2 aromatic rings.